The molecule has 0 unspecified atom stereocenters. The molecule has 6 nitrogen and oxygen atoms in total. The summed E-state index contributed by atoms with van der Waals surface area (Å²) in [6, 6.07) is 7.34. The zero-order valence-corrected chi connectivity index (χ0v) is 19.5. The average Bonchev–Trinajstić information content (AvgIpc) is 2.82. The molecule has 2 amide bonds. The van der Waals surface area contributed by atoms with Gasteiger partial charge in [0.2, 0.25) is 5.91 Å². The summed E-state index contributed by atoms with van der Waals surface area (Å²) < 4.78 is 93.5. The van der Waals surface area contributed by atoms with Gasteiger partial charge in [-0.05, 0) is 35.9 Å². The molecule has 194 valence electrons. The van der Waals surface area contributed by atoms with Crippen molar-refractivity contribution in [2.75, 3.05) is 38.7 Å². The second kappa shape index (κ2) is 11.2. The van der Waals surface area contributed by atoms with Crippen molar-refractivity contribution in [3.8, 4) is 0 Å². The highest BCUT2D eigenvalue weighted by Crippen LogP contribution is 2.48. The molecule has 0 saturated carbocycles. The molecule has 0 atom stereocenters. The lowest BCUT2D eigenvalue weighted by molar-refractivity contribution is -0.163. The quantitative estimate of drug-likeness (QED) is 0.381. The molecule has 1 aliphatic rings. The van der Waals surface area contributed by atoms with E-state index < -0.39 is 45.9 Å². The van der Waals surface area contributed by atoms with Crippen LogP contribution in [-0.4, -0.2) is 50.3 Å². The van der Waals surface area contributed by atoms with Crippen molar-refractivity contribution in [3.63, 3.8) is 0 Å². The Morgan fingerprint density at radius 1 is 1.03 bits per heavy atom. The van der Waals surface area contributed by atoms with E-state index in [9.17, 15) is 35.9 Å². The van der Waals surface area contributed by atoms with Crippen molar-refractivity contribution in [1.29, 1.82) is 0 Å². The van der Waals surface area contributed by atoms with E-state index in [2.05, 4.69) is 10.1 Å². The molecule has 36 heavy (non-hydrogen) atoms. The number of carbonyl (C=O) groups excluding carboxylic acids is 2. The topological polar surface area (TPSA) is 67.9 Å². The molecule has 13 heteroatoms. The molecule has 0 aromatic heterocycles. The van der Waals surface area contributed by atoms with Crippen LogP contribution in [0, 0.1) is 0 Å². The van der Waals surface area contributed by atoms with Gasteiger partial charge >= 0.3 is 18.4 Å². The predicted octanol–water partition coefficient (Wildman–Crippen LogP) is 5.93. The van der Waals surface area contributed by atoms with Crippen LogP contribution in [0.5, 0.6) is 0 Å². The Hall–Kier alpha value is -3.19. The standard InChI is InChI=1S/C23H20F6N2O4S/c1-34-21(33)30-15-3-2-4-16(13-15)36-17-7-5-14(6-8-18(32)31-9-11-35-12-10-31)19(22(24,25)26)20(17)23(27,28)29/h2-8,13H,9-12H2,1H3,(H,30,33). The van der Waals surface area contributed by atoms with Crippen LogP contribution < -0.4 is 5.32 Å². The summed E-state index contributed by atoms with van der Waals surface area (Å²) in [5.74, 6) is -0.631. The molecule has 0 radical (unpaired) electrons. The van der Waals surface area contributed by atoms with E-state index >= 15 is 0 Å². The lowest BCUT2D eigenvalue weighted by atomic mass is 9.99. The Morgan fingerprint density at radius 3 is 2.31 bits per heavy atom. The highest BCUT2D eigenvalue weighted by Gasteiger charge is 2.46. The van der Waals surface area contributed by atoms with Gasteiger partial charge in [0.25, 0.3) is 0 Å². The Balaban J connectivity index is 2.02. The molecule has 2 aromatic carbocycles. The highest BCUT2D eigenvalue weighted by atomic mass is 32.2. The first kappa shape index (κ1) is 27.4. The van der Waals surface area contributed by atoms with Gasteiger partial charge in [0, 0.05) is 34.6 Å². The number of hydrogen-bond donors (Lipinski definition) is 1. The van der Waals surface area contributed by atoms with Gasteiger partial charge < -0.3 is 14.4 Å². The number of nitrogens with zero attached hydrogens (tertiary/aromatic N) is 1. The largest absolute Gasteiger partial charge is 0.453 e. The van der Waals surface area contributed by atoms with Crippen molar-refractivity contribution >= 4 is 35.5 Å². The van der Waals surface area contributed by atoms with E-state index in [1.807, 2.05) is 0 Å². The first-order valence-electron chi connectivity index (χ1n) is 10.4. The van der Waals surface area contributed by atoms with Gasteiger partial charge in [-0.1, -0.05) is 23.9 Å². The lowest BCUT2D eigenvalue weighted by Gasteiger charge is -2.25. The molecule has 1 saturated heterocycles. The molecule has 1 aliphatic heterocycles. The first-order chi connectivity index (χ1) is 16.9. The average molecular weight is 534 g/mol. The maximum absolute atomic E-state index is 14.0. The molecule has 2 aromatic rings. The number of nitrogens with one attached hydrogen (secondary N) is 1. The van der Waals surface area contributed by atoms with Crippen LogP contribution in [0.3, 0.4) is 0 Å². The zero-order valence-electron chi connectivity index (χ0n) is 18.7. The number of benzene rings is 2. The number of hydrogen-bond acceptors (Lipinski definition) is 5. The van der Waals surface area contributed by atoms with Gasteiger partial charge in [0.15, 0.2) is 0 Å². The number of morpholine rings is 1. The fourth-order valence-electron chi connectivity index (χ4n) is 3.39. The molecule has 0 bridgehead atoms. The minimum atomic E-state index is -5.36. The fourth-order valence-corrected chi connectivity index (χ4v) is 4.44. The summed E-state index contributed by atoms with van der Waals surface area (Å²) in [5.41, 5.74) is -4.37. The van der Waals surface area contributed by atoms with Crippen molar-refractivity contribution in [2.24, 2.45) is 0 Å². The van der Waals surface area contributed by atoms with Gasteiger partial charge in [-0.3, -0.25) is 10.1 Å². The van der Waals surface area contributed by atoms with Crippen molar-refractivity contribution in [1.82, 2.24) is 4.90 Å². The second-order valence-electron chi connectivity index (χ2n) is 7.42. The second-order valence-corrected chi connectivity index (χ2v) is 8.53. The first-order valence-corrected chi connectivity index (χ1v) is 11.2. The van der Waals surface area contributed by atoms with Crippen LogP contribution in [0.2, 0.25) is 0 Å². The maximum atomic E-state index is 14.0. The molecule has 0 spiro atoms. The summed E-state index contributed by atoms with van der Waals surface area (Å²) >= 11 is 0.451. The Labute approximate surface area is 206 Å². The lowest BCUT2D eigenvalue weighted by Crippen LogP contribution is -2.39. The van der Waals surface area contributed by atoms with Crippen molar-refractivity contribution in [3.05, 3.63) is 59.2 Å². The number of carbonyl (C=O) groups is 2. The highest BCUT2D eigenvalue weighted by molar-refractivity contribution is 7.99. The molecule has 0 aliphatic carbocycles. The van der Waals surface area contributed by atoms with E-state index in [1.54, 1.807) is 0 Å². The third kappa shape index (κ3) is 6.94. The number of rotatable bonds is 5. The van der Waals surface area contributed by atoms with Gasteiger partial charge in [-0.25, -0.2) is 4.79 Å². The minimum absolute atomic E-state index is 0.147. The Kier molecular flexibility index (Phi) is 8.56. The van der Waals surface area contributed by atoms with E-state index in [4.69, 9.17) is 4.74 Å². The third-order valence-electron chi connectivity index (χ3n) is 4.99. The molecular formula is C23H20F6N2O4S. The molecular weight excluding hydrogens is 514 g/mol. The molecule has 3 rings (SSSR count). The van der Waals surface area contributed by atoms with Gasteiger partial charge in [-0.15, -0.1) is 0 Å². The van der Waals surface area contributed by atoms with E-state index in [0.717, 1.165) is 31.4 Å². The summed E-state index contributed by atoms with van der Waals surface area (Å²) in [7, 11) is 1.12. The summed E-state index contributed by atoms with van der Waals surface area (Å²) in [5, 5.41) is 2.33. The van der Waals surface area contributed by atoms with Crippen LogP contribution in [0.25, 0.3) is 6.08 Å². The van der Waals surface area contributed by atoms with E-state index in [0.29, 0.717) is 11.8 Å². The monoisotopic (exact) mass is 534 g/mol. The number of halogens is 6. The van der Waals surface area contributed by atoms with Crippen LogP contribution in [0.1, 0.15) is 16.7 Å². The maximum Gasteiger partial charge on any atom is 0.418 e. The SMILES string of the molecule is COC(=O)Nc1cccc(Sc2ccc(C=CC(=O)N3CCOCC3)c(C(F)(F)F)c2C(F)(F)F)c1. The molecule has 1 heterocycles. The van der Waals surface area contributed by atoms with Crippen LogP contribution in [-0.2, 0) is 26.6 Å². The predicted molar refractivity (Wildman–Crippen MR) is 119 cm³/mol. The van der Waals surface area contributed by atoms with Crippen LogP contribution in [0.4, 0.5) is 36.8 Å². The molecule has 1 fully saturated rings. The number of amides is 2. The van der Waals surface area contributed by atoms with Gasteiger partial charge in [0.05, 0.1) is 31.5 Å². The smallest absolute Gasteiger partial charge is 0.418 e. The van der Waals surface area contributed by atoms with E-state index in [-0.39, 0.29) is 36.9 Å². The summed E-state index contributed by atoms with van der Waals surface area (Å²) in [6.07, 6.45) is -9.98. The van der Waals surface area contributed by atoms with Gasteiger partial charge in [-0.2, -0.15) is 26.3 Å². The number of alkyl halides is 6. The fraction of sp³-hybridized carbons (Fsp3) is 0.304. The minimum Gasteiger partial charge on any atom is -0.453 e. The number of methoxy groups -OCH3 is 1. The number of anilines is 1. The van der Waals surface area contributed by atoms with Crippen molar-refractivity contribution < 1.29 is 45.4 Å². The summed E-state index contributed by atoms with van der Waals surface area (Å²) in [6.45, 7) is 0.965. The zero-order chi connectivity index (χ0) is 26.5. The Bertz CT molecular complexity index is 1140. The van der Waals surface area contributed by atoms with E-state index in [1.165, 1.54) is 29.2 Å². The van der Waals surface area contributed by atoms with Crippen LogP contribution in [0.15, 0.2) is 52.3 Å². The number of ether oxygens (including phenoxy) is 2. The third-order valence-corrected chi connectivity index (χ3v) is 6.04. The van der Waals surface area contributed by atoms with Crippen molar-refractivity contribution in [2.45, 2.75) is 22.1 Å². The Morgan fingerprint density at radius 2 is 1.69 bits per heavy atom. The normalized spacial score (nSPS) is 14.7. The summed E-state index contributed by atoms with van der Waals surface area (Å²) in [4.78, 5) is 24.5. The van der Waals surface area contributed by atoms with Crippen LogP contribution >= 0.6 is 11.8 Å². The van der Waals surface area contributed by atoms with Gasteiger partial charge in [0.1, 0.15) is 0 Å². The molecule has 1 N–H and O–H groups in total.